The lowest BCUT2D eigenvalue weighted by Gasteiger charge is -2.19. The number of carboxylic acid groups (broad SMARTS) is 1. The molecule has 5 nitrogen and oxygen atoms in total. The summed E-state index contributed by atoms with van der Waals surface area (Å²) < 4.78 is 1.83. The summed E-state index contributed by atoms with van der Waals surface area (Å²) in [6, 6.07) is 1.96. The van der Waals surface area contributed by atoms with Crippen LogP contribution in [0.3, 0.4) is 0 Å². The van der Waals surface area contributed by atoms with Crippen LogP contribution < -0.4 is 0 Å². The predicted octanol–water partition coefficient (Wildman–Crippen LogP) is 2.14. The summed E-state index contributed by atoms with van der Waals surface area (Å²) in [7, 11) is 0. The largest absolute Gasteiger partial charge is 0.481 e. The second-order valence-corrected chi connectivity index (χ2v) is 5.80. The van der Waals surface area contributed by atoms with Crippen LogP contribution in [0.4, 0.5) is 0 Å². The minimum atomic E-state index is -0.782. The Morgan fingerprint density at radius 3 is 2.95 bits per heavy atom. The van der Waals surface area contributed by atoms with Gasteiger partial charge in [-0.3, -0.25) is 4.79 Å². The summed E-state index contributed by atoms with van der Waals surface area (Å²) >= 11 is 0. The van der Waals surface area contributed by atoms with E-state index in [4.69, 9.17) is 0 Å². The minimum absolute atomic E-state index is 0.198. The molecule has 1 aliphatic carbocycles. The average Bonchev–Trinajstić information content (AvgIpc) is 2.87. The molecule has 0 saturated carbocycles. The van der Waals surface area contributed by atoms with E-state index in [0.717, 1.165) is 29.0 Å². The summed E-state index contributed by atoms with van der Waals surface area (Å²) in [5, 5.41) is 13.9. The zero-order chi connectivity index (χ0) is 13.8. The molecule has 2 aromatic heterocycles. The SMILES string of the molecule is CCc1cc2ncc3c(n2n1)C(C)(C)CC3C(=O)O. The van der Waals surface area contributed by atoms with Crippen molar-refractivity contribution in [1.82, 2.24) is 14.6 Å². The number of nitrogens with zero attached hydrogens (tertiary/aromatic N) is 3. The molecule has 2 aromatic rings. The molecule has 0 aromatic carbocycles. The van der Waals surface area contributed by atoms with Crippen LogP contribution in [0.25, 0.3) is 5.65 Å². The molecule has 100 valence electrons. The molecular weight excluding hydrogens is 242 g/mol. The molecule has 0 bridgehead atoms. The maximum absolute atomic E-state index is 11.4. The maximum Gasteiger partial charge on any atom is 0.311 e. The first-order valence-electron chi connectivity index (χ1n) is 6.55. The van der Waals surface area contributed by atoms with E-state index in [9.17, 15) is 9.90 Å². The normalized spacial score (nSPS) is 20.7. The monoisotopic (exact) mass is 259 g/mol. The topological polar surface area (TPSA) is 67.5 Å². The van der Waals surface area contributed by atoms with Crippen LogP contribution in [0, 0.1) is 0 Å². The van der Waals surface area contributed by atoms with Gasteiger partial charge in [0.15, 0.2) is 5.65 Å². The van der Waals surface area contributed by atoms with Crippen molar-refractivity contribution in [1.29, 1.82) is 0 Å². The molecule has 0 amide bonds. The quantitative estimate of drug-likeness (QED) is 0.897. The molecule has 0 radical (unpaired) electrons. The zero-order valence-electron chi connectivity index (χ0n) is 11.3. The Kier molecular flexibility index (Phi) is 2.42. The Hall–Kier alpha value is -1.91. The van der Waals surface area contributed by atoms with Crippen molar-refractivity contribution in [2.24, 2.45) is 0 Å². The number of hydrogen-bond acceptors (Lipinski definition) is 3. The van der Waals surface area contributed by atoms with E-state index in [1.165, 1.54) is 0 Å². The fourth-order valence-electron chi connectivity index (χ4n) is 3.04. The lowest BCUT2D eigenvalue weighted by molar-refractivity contribution is -0.139. The minimum Gasteiger partial charge on any atom is -0.481 e. The molecule has 1 atom stereocenters. The summed E-state index contributed by atoms with van der Waals surface area (Å²) in [6.45, 7) is 6.19. The van der Waals surface area contributed by atoms with E-state index < -0.39 is 11.9 Å². The number of aliphatic carboxylic acids is 1. The Balaban J connectivity index is 2.31. The highest BCUT2D eigenvalue weighted by molar-refractivity contribution is 5.78. The van der Waals surface area contributed by atoms with Crippen LogP contribution >= 0.6 is 0 Å². The van der Waals surface area contributed by atoms with Gasteiger partial charge in [0.25, 0.3) is 0 Å². The van der Waals surface area contributed by atoms with Crippen LogP contribution in [0.2, 0.25) is 0 Å². The number of hydrogen-bond donors (Lipinski definition) is 1. The zero-order valence-corrected chi connectivity index (χ0v) is 11.3. The predicted molar refractivity (Wildman–Crippen MR) is 70.4 cm³/mol. The first kappa shape index (κ1) is 12.1. The third-order valence-electron chi connectivity index (χ3n) is 3.95. The Morgan fingerprint density at radius 1 is 1.58 bits per heavy atom. The number of aromatic nitrogens is 3. The van der Waals surface area contributed by atoms with Crippen molar-refractivity contribution in [3.8, 4) is 0 Å². The van der Waals surface area contributed by atoms with Crippen LogP contribution in [0.5, 0.6) is 0 Å². The first-order valence-corrected chi connectivity index (χ1v) is 6.55. The van der Waals surface area contributed by atoms with E-state index in [1.54, 1.807) is 6.20 Å². The smallest absolute Gasteiger partial charge is 0.311 e. The van der Waals surface area contributed by atoms with Gasteiger partial charge in [0, 0.05) is 23.2 Å². The summed E-state index contributed by atoms with van der Waals surface area (Å²) in [5.74, 6) is -1.26. The number of aryl methyl sites for hydroxylation is 1. The molecule has 5 heteroatoms. The highest BCUT2D eigenvalue weighted by atomic mass is 16.4. The van der Waals surface area contributed by atoms with Gasteiger partial charge in [-0.2, -0.15) is 5.10 Å². The highest BCUT2D eigenvalue weighted by Gasteiger charge is 2.43. The van der Waals surface area contributed by atoms with Crippen molar-refractivity contribution < 1.29 is 9.90 Å². The summed E-state index contributed by atoms with van der Waals surface area (Å²) in [6.07, 6.45) is 3.15. The highest BCUT2D eigenvalue weighted by Crippen LogP contribution is 2.45. The standard InChI is InChI=1S/C14H17N3O2/c1-4-8-5-11-15-7-10-9(13(18)19)6-14(2,3)12(10)17(11)16-8/h5,7,9H,4,6H2,1-3H3,(H,18,19). The molecule has 0 aliphatic heterocycles. The molecule has 19 heavy (non-hydrogen) atoms. The van der Waals surface area contributed by atoms with Gasteiger partial charge in [0.05, 0.1) is 17.3 Å². The number of fused-ring (bicyclic) bond motifs is 3. The van der Waals surface area contributed by atoms with Gasteiger partial charge in [-0.25, -0.2) is 9.50 Å². The first-order chi connectivity index (χ1) is 8.94. The van der Waals surface area contributed by atoms with Crippen LogP contribution in [0.15, 0.2) is 12.3 Å². The summed E-state index contributed by atoms with van der Waals surface area (Å²) in [4.78, 5) is 15.7. The Labute approximate surface area is 111 Å². The van der Waals surface area contributed by atoms with Gasteiger partial charge in [-0.05, 0) is 12.8 Å². The van der Waals surface area contributed by atoms with Crippen molar-refractivity contribution in [3.63, 3.8) is 0 Å². The lowest BCUT2D eigenvalue weighted by Crippen LogP contribution is -2.18. The third-order valence-corrected chi connectivity index (χ3v) is 3.95. The van der Waals surface area contributed by atoms with Gasteiger partial charge in [0.1, 0.15) is 0 Å². The van der Waals surface area contributed by atoms with E-state index >= 15 is 0 Å². The molecule has 0 saturated heterocycles. The van der Waals surface area contributed by atoms with Gasteiger partial charge in [-0.15, -0.1) is 0 Å². The molecule has 3 rings (SSSR count). The molecule has 0 spiro atoms. The summed E-state index contributed by atoms with van der Waals surface area (Å²) in [5.41, 5.74) is 3.38. The fraction of sp³-hybridized carbons (Fsp3) is 0.500. The maximum atomic E-state index is 11.4. The third kappa shape index (κ3) is 1.64. The molecule has 0 fully saturated rings. The second-order valence-electron chi connectivity index (χ2n) is 5.80. The van der Waals surface area contributed by atoms with Gasteiger partial charge < -0.3 is 5.11 Å². The van der Waals surface area contributed by atoms with E-state index in [0.29, 0.717) is 6.42 Å². The van der Waals surface area contributed by atoms with Crippen LogP contribution in [0.1, 0.15) is 50.1 Å². The van der Waals surface area contributed by atoms with Crippen LogP contribution in [-0.4, -0.2) is 25.7 Å². The fourth-order valence-corrected chi connectivity index (χ4v) is 3.04. The van der Waals surface area contributed by atoms with Crippen molar-refractivity contribution in [2.45, 2.75) is 44.9 Å². The molecule has 2 heterocycles. The van der Waals surface area contributed by atoms with E-state index in [1.807, 2.05) is 17.5 Å². The average molecular weight is 259 g/mol. The van der Waals surface area contributed by atoms with Crippen molar-refractivity contribution >= 4 is 11.6 Å². The number of carboxylic acids is 1. The van der Waals surface area contributed by atoms with Gasteiger partial charge in [-0.1, -0.05) is 20.8 Å². The van der Waals surface area contributed by atoms with Gasteiger partial charge in [0.2, 0.25) is 0 Å². The van der Waals surface area contributed by atoms with E-state index in [2.05, 4.69) is 23.9 Å². The Morgan fingerprint density at radius 2 is 2.32 bits per heavy atom. The molecule has 1 unspecified atom stereocenters. The lowest BCUT2D eigenvalue weighted by atomic mass is 9.89. The number of carbonyl (C=O) groups is 1. The molecular formula is C14H17N3O2. The van der Waals surface area contributed by atoms with Gasteiger partial charge >= 0.3 is 5.97 Å². The van der Waals surface area contributed by atoms with E-state index in [-0.39, 0.29) is 5.41 Å². The number of rotatable bonds is 2. The van der Waals surface area contributed by atoms with Crippen molar-refractivity contribution in [3.05, 3.63) is 29.2 Å². The van der Waals surface area contributed by atoms with Crippen LogP contribution in [-0.2, 0) is 16.6 Å². The Bertz CT molecular complexity index is 673. The molecule has 1 aliphatic rings. The second kappa shape index (κ2) is 3.79. The molecule has 1 N–H and O–H groups in total. The van der Waals surface area contributed by atoms with Crippen molar-refractivity contribution in [2.75, 3.05) is 0 Å².